The van der Waals surface area contributed by atoms with E-state index in [4.69, 9.17) is 15.4 Å². The Morgan fingerprint density at radius 3 is 2.15 bits per heavy atom. The molecular formula is C21H38N2O3. The molecule has 0 aromatic heterocycles. The molecule has 4 N–H and O–H groups in total. The van der Waals surface area contributed by atoms with Crippen LogP contribution in [0.15, 0.2) is 24.3 Å². The fraction of sp³-hybridized carbons (Fsp3) is 0.714. The highest BCUT2D eigenvalue weighted by molar-refractivity contribution is 5.23. The predicted molar refractivity (Wildman–Crippen MR) is 107 cm³/mol. The highest BCUT2D eigenvalue weighted by Crippen LogP contribution is 2.15. The maximum atomic E-state index is 9.56. The first kappa shape index (κ1) is 23.1. The molecule has 1 aromatic carbocycles. The second-order valence-corrected chi connectivity index (χ2v) is 7.16. The van der Waals surface area contributed by atoms with Crippen molar-refractivity contribution in [3.05, 3.63) is 35.4 Å². The topological polar surface area (TPSA) is 76.7 Å². The van der Waals surface area contributed by atoms with E-state index in [0.717, 1.165) is 12.8 Å². The number of rotatable bonds is 16. The van der Waals surface area contributed by atoms with E-state index < -0.39 is 5.54 Å². The van der Waals surface area contributed by atoms with Crippen molar-refractivity contribution in [2.45, 2.75) is 77.2 Å². The van der Waals surface area contributed by atoms with Gasteiger partial charge >= 0.3 is 0 Å². The quantitative estimate of drug-likeness (QED) is 0.307. The molecule has 5 nitrogen and oxygen atoms in total. The summed E-state index contributed by atoms with van der Waals surface area (Å²) in [6, 6.07) is 8.77. The van der Waals surface area contributed by atoms with Crippen LogP contribution in [0.4, 0.5) is 0 Å². The lowest BCUT2D eigenvalue weighted by Gasteiger charge is -2.26. The molecule has 5 heteroatoms. The van der Waals surface area contributed by atoms with Gasteiger partial charge < -0.3 is 10.8 Å². The van der Waals surface area contributed by atoms with Gasteiger partial charge in [0.1, 0.15) is 0 Å². The number of nitrogens with two attached hydrogens (primary N) is 1. The van der Waals surface area contributed by atoms with Crippen LogP contribution in [-0.4, -0.2) is 30.5 Å². The highest BCUT2D eigenvalue weighted by Gasteiger charge is 2.24. The third-order valence-electron chi connectivity index (χ3n) is 4.69. The first-order valence-electron chi connectivity index (χ1n) is 10.1. The first-order valence-corrected chi connectivity index (χ1v) is 10.1. The van der Waals surface area contributed by atoms with Crippen LogP contribution in [0.3, 0.4) is 0 Å². The lowest BCUT2D eigenvalue weighted by Crippen LogP contribution is -2.49. The zero-order valence-corrected chi connectivity index (χ0v) is 16.6. The molecule has 0 heterocycles. The minimum Gasteiger partial charge on any atom is -0.394 e. The number of aryl methyl sites for hydroxylation is 2. The van der Waals surface area contributed by atoms with Crippen LogP contribution in [0.1, 0.15) is 69.9 Å². The summed E-state index contributed by atoms with van der Waals surface area (Å²) in [5.74, 6) is 0. The van der Waals surface area contributed by atoms with Gasteiger partial charge in [0, 0.05) is 0 Å². The van der Waals surface area contributed by atoms with Gasteiger partial charge in [0.2, 0.25) is 0 Å². The molecule has 0 saturated carbocycles. The fourth-order valence-electron chi connectivity index (χ4n) is 2.85. The van der Waals surface area contributed by atoms with Gasteiger partial charge in [-0.2, -0.15) is 0 Å². The second-order valence-electron chi connectivity index (χ2n) is 7.16. The molecule has 0 aliphatic rings. The van der Waals surface area contributed by atoms with Crippen molar-refractivity contribution >= 4 is 0 Å². The fourth-order valence-corrected chi connectivity index (χ4v) is 2.85. The van der Waals surface area contributed by atoms with Crippen molar-refractivity contribution in [2.75, 3.05) is 19.8 Å². The number of aliphatic hydroxyl groups excluding tert-OH is 1. The Morgan fingerprint density at radius 1 is 0.923 bits per heavy atom. The Bertz CT molecular complexity index is 453. The summed E-state index contributed by atoms with van der Waals surface area (Å²) in [4.78, 5) is 10.1. The normalized spacial score (nSPS) is 13.7. The number of hydrogen-bond donors (Lipinski definition) is 3. The lowest BCUT2D eigenvalue weighted by molar-refractivity contribution is -0.179. The SMILES string of the molecule is CCCCCCCCc1ccc(CCC(N)(CO)CONOCC)cc1. The minimum atomic E-state index is -0.777. The average Bonchev–Trinajstić information content (AvgIpc) is 2.67. The van der Waals surface area contributed by atoms with E-state index in [-0.39, 0.29) is 13.2 Å². The number of hydrogen-bond acceptors (Lipinski definition) is 5. The molecular weight excluding hydrogens is 328 g/mol. The van der Waals surface area contributed by atoms with E-state index in [2.05, 4.69) is 36.8 Å². The van der Waals surface area contributed by atoms with E-state index in [1.807, 2.05) is 6.92 Å². The van der Waals surface area contributed by atoms with Crippen LogP contribution in [0.25, 0.3) is 0 Å². The molecule has 150 valence electrons. The van der Waals surface area contributed by atoms with Crippen molar-refractivity contribution < 1.29 is 14.8 Å². The molecule has 1 atom stereocenters. The van der Waals surface area contributed by atoms with Gasteiger partial charge in [-0.25, -0.2) is 0 Å². The molecule has 0 fully saturated rings. The Morgan fingerprint density at radius 2 is 1.54 bits per heavy atom. The van der Waals surface area contributed by atoms with Crippen molar-refractivity contribution in [3.8, 4) is 0 Å². The van der Waals surface area contributed by atoms with Gasteiger partial charge in [-0.3, -0.25) is 9.68 Å². The Hall–Kier alpha value is -0.980. The molecule has 0 spiro atoms. The smallest absolute Gasteiger partial charge is 0.0911 e. The molecule has 0 aliphatic heterocycles. The summed E-state index contributed by atoms with van der Waals surface area (Å²) in [6.07, 6.45) is 10.6. The molecule has 1 unspecified atom stereocenters. The Kier molecular flexibility index (Phi) is 12.5. The maximum absolute atomic E-state index is 9.56. The summed E-state index contributed by atoms with van der Waals surface area (Å²) in [7, 11) is 0. The molecule has 1 rings (SSSR count). The van der Waals surface area contributed by atoms with Gasteiger partial charge in [0.15, 0.2) is 0 Å². The minimum absolute atomic E-state index is 0.128. The number of aliphatic hydroxyl groups is 1. The first-order chi connectivity index (χ1) is 12.6. The van der Waals surface area contributed by atoms with E-state index in [0.29, 0.717) is 13.0 Å². The molecule has 0 radical (unpaired) electrons. The van der Waals surface area contributed by atoms with Gasteiger partial charge in [-0.1, -0.05) is 68.9 Å². The van der Waals surface area contributed by atoms with Gasteiger partial charge in [-0.05, 0) is 43.7 Å². The summed E-state index contributed by atoms with van der Waals surface area (Å²) in [5.41, 5.74) is 10.4. The molecule has 0 aliphatic carbocycles. The van der Waals surface area contributed by atoms with Crippen molar-refractivity contribution in [3.63, 3.8) is 0 Å². The van der Waals surface area contributed by atoms with Crippen molar-refractivity contribution in [2.24, 2.45) is 5.73 Å². The average molecular weight is 367 g/mol. The van der Waals surface area contributed by atoms with E-state index in [1.165, 1.54) is 49.7 Å². The van der Waals surface area contributed by atoms with Crippen LogP contribution >= 0.6 is 0 Å². The van der Waals surface area contributed by atoms with Gasteiger partial charge in [0.25, 0.3) is 0 Å². The second kappa shape index (κ2) is 14.1. The molecule has 0 amide bonds. The Labute approximate surface area is 159 Å². The van der Waals surface area contributed by atoms with Gasteiger partial charge in [-0.15, -0.1) is 0 Å². The number of benzene rings is 1. The van der Waals surface area contributed by atoms with Crippen LogP contribution in [0.5, 0.6) is 0 Å². The summed E-state index contributed by atoms with van der Waals surface area (Å²) < 4.78 is 0. The van der Waals surface area contributed by atoms with Crippen molar-refractivity contribution in [1.82, 2.24) is 5.64 Å². The highest BCUT2D eigenvalue weighted by atomic mass is 16.9. The van der Waals surface area contributed by atoms with E-state index in [1.54, 1.807) is 0 Å². The third kappa shape index (κ3) is 10.2. The molecule has 1 aromatic rings. The van der Waals surface area contributed by atoms with Crippen LogP contribution in [-0.2, 0) is 22.5 Å². The molecule has 0 bridgehead atoms. The van der Waals surface area contributed by atoms with E-state index >= 15 is 0 Å². The molecule has 0 saturated heterocycles. The standard InChI is InChI=1S/C21H38N2O3/c1-3-5-6-7-8-9-10-19-11-13-20(14-12-19)15-16-21(22,17-24)18-26-23-25-4-2/h11-14,23-24H,3-10,15-18,22H2,1-2H3. The summed E-state index contributed by atoms with van der Waals surface area (Å²) in [6.45, 7) is 4.67. The van der Waals surface area contributed by atoms with Crippen LogP contribution in [0, 0.1) is 0 Å². The van der Waals surface area contributed by atoms with E-state index in [9.17, 15) is 5.11 Å². The molecule has 26 heavy (non-hydrogen) atoms. The zero-order valence-electron chi connectivity index (χ0n) is 16.6. The lowest BCUT2D eigenvalue weighted by atomic mass is 9.93. The monoisotopic (exact) mass is 366 g/mol. The van der Waals surface area contributed by atoms with Crippen LogP contribution in [0.2, 0.25) is 0 Å². The zero-order chi connectivity index (χ0) is 19.1. The van der Waals surface area contributed by atoms with Gasteiger partial charge in [0.05, 0.1) is 25.4 Å². The largest absolute Gasteiger partial charge is 0.394 e. The van der Waals surface area contributed by atoms with Crippen LogP contribution < -0.4 is 11.4 Å². The third-order valence-corrected chi connectivity index (χ3v) is 4.69. The predicted octanol–water partition coefficient (Wildman–Crippen LogP) is 3.68. The summed E-state index contributed by atoms with van der Waals surface area (Å²) >= 11 is 0. The summed E-state index contributed by atoms with van der Waals surface area (Å²) in [5, 5.41) is 9.56. The number of nitrogens with one attached hydrogen (secondary N) is 1. The van der Waals surface area contributed by atoms with Crippen molar-refractivity contribution in [1.29, 1.82) is 0 Å². The Balaban J connectivity index is 2.29. The maximum Gasteiger partial charge on any atom is 0.0911 e. The number of unbranched alkanes of at least 4 members (excludes halogenated alkanes) is 5.